The Morgan fingerprint density at radius 2 is 1.58 bits per heavy atom. The molecule has 1 N–H and O–H groups in total. The third-order valence-corrected chi connectivity index (χ3v) is 2.55. The van der Waals surface area contributed by atoms with Crippen LogP contribution in [-0.2, 0) is 11.8 Å². The van der Waals surface area contributed by atoms with Crippen LogP contribution in [0.25, 0.3) is 0 Å². The third-order valence-electron chi connectivity index (χ3n) is 1.52. The average molecular weight is 270 g/mol. The molecular formula is C8H7BrCl2O. The number of aromatic hydroxyl groups is 1. The highest BCUT2D eigenvalue weighted by Crippen LogP contribution is 2.29. The third kappa shape index (κ3) is 2.06. The molecular weight excluding hydrogens is 263 g/mol. The number of hydrogen-bond acceptors (Lipinski definition) is 1. The molecule has 0 saturated carbocycles. The van der Waals surface area contributed by atoms with Crippen molar-refractivity contribution < 1.29 is 5.11 Å². The van der Waals surface area contributed by atoms with Gasteiger partial charge in [0, 0.05) is 15.6 Å². The van der Waals surface area contributed by atoms with E-state index in [0.29, 0.717) is 11.1 Å². The maximum Gasteiger partial charge on any atom is 0.124 e. The summed E-state index contributed by atoms with van der Waals surface area (Å²) in [6.07, 6.45) is 0. The van der Waals surface area contributed by atoms with E-state index in [2.05, 4.69) is 15.9 Å². The molecule has 0 atom stereocenters. The predicted molar refractivity (Wildman–Crippen MR) is 54.9 cm³/mol. The number of halogens is 3. The van der Waals surface area contributed by atoms with Gasteiger partial charge >= 0.3 is 0 Å². The van der Waals surface area contributed by atoms with Crippen LogP contribution in [0.3, 0.4) is 0 Å². The maximum absolute atomic E-state index is 9.52. The lowest BCUT2D eigenvalue weighted by Gasteiger charge is -2.06. The molecule has 0 spiro atoms. The fraction of sp³-hybridized carbons (Fsp3) is 0.250. The van der Waals surface area contributed by atoms with Gasteiger partial charge in [0.1, 0.15) is 5.75 Å². The number of hydrogen-bond donors (Lipinski definition) is 1. The fourth-order valence-corrected chi connectivity index (χ4v) is 1.88. The number of benzene rings is 1. The first-order chi connectivity index (χ1) is 5.69. The van der Waals surface area contributed by atoms with Gasteiger partial charge in [-0.05, 0) is 12.1 Å². The normalized spacial score (nSPS) is 10.2. The monoisotopic (exact) mass is 268 g/mol. The van der Waals surface area contributed by atoms with Crippen LogP contribution in [0.15, 0.2) is 16.6 Å². The minimum atomic E-state index is 0.197. The second kappa shape index (κ2) is 4.35. The summed E-state index contributed by atoms with van der Waals surface area (Å²) in [6.45, 7) is 0. The van der Waals surface area contributed by atoms with Gasteiger partial charge in [0.2, 0.25) is 0 Å². The maximum atomic E-state index is 9.52. The van der Waals surface area contributed by atoms with Crippen molar-refractivity contribution >= 4 is 39.1 Å². The van der Waals surface area contributed by atoms with Crippen molar-refractivity contribution in [3.05, 3.63) is 27.7 Å². The SMILES string of the molecule is Oc1c(CCl)cc(Br)cc1CCl. The van der Waals surface area contributed by atoms with Crippen molar-refractivity contribution in [1.82, 2.24) is 0 Å². The molecule has 0 heterocycles. The van der Waals surface area contributed by atoms with E-state index in [1.807, 2.05) is 0 Å². The molecule has 12 heavy (non-hydrogen) atoms. The minimum Gasteiger partial charge on any atom is -0.507 e. The molecule has 0 aliphatic heterocycles. The van der Waals surface area contributed by atoms with E-state index in [9.17, 15) is 5.11 Å². The van der Waals surface area contributed by atoms with Gasteiger partial charge in [-0.25, -0.2) is 0 Å². The van der Waals surface area contributed by atoms with Crippen LogP contribution in [0, 0.1) is 0 Å². The van der Waals surface area contributed by atoms with Crippen molar-refractivity contribution in [1.29, 1.82) is 0 Å². The van der Waals surface area contributed by atoms with Gasteiger partial charge in [-0.2, -0.15) is 0 Å². The van der Waals surface area contributed by atoms with E-state index in [0.717, 1.165) is 4.47 Å². The van der Waals surface area contributed by atoms with Crippen LogP contribution < -0.4 is 0 Å². The Hall–Kier alpha value is 0.0800. The van der Waals surface area contributed by atoms with Gasteiger partial charge in [-0.1, -0.05) is 15.9 Å². The molecule has 1 nitrogen and oxygen atoms in total. The van der Waals surface area contributed by atoms with Crippen molar-refractivity contribution in [3.8, 4) is 5.75 Å². The van der Waals surface area contributed by atoms with E-state index >= 15 is 0 Å². The summed E-state index contributed by atoms with van der Waals surface area (Å²) in [5.41, 5.74) is 1.39. The molecule has 1 rings (SSSR count). The molecule has 66 valence electrons. The molecule has 1 aromatic rings. The van der Waals surface area contributed by atoms with Crippen molar-refractivity contribution in [2.75, 3.05) is 0 Å². The molecule has 0 aliphatic rings. The van der Waals surface area contributed by atoms with Gasteiger partial charge in [-0.3, -0.25) is 0 Å². The van der Waals surface area contributed by atoms with Crippen LogP contribution >= 0.6 is 39.1 Å². The van der Waals surface area contributed by atoms with E-state index in [1.165, 1.54) is 0 Å². The summed E-state index contributed by atoms with van der Waals surface area (Å²) in [7, 11) is 0. The Bertz CT molecular complexity index is 263. The number of rotatable bonds is 2. The van der Waals surface area contributed by atoms with Crippen LogP contribution in [-0.4, -0.2) is 5.11 Å². The molecule has 0 radical (unpaired) electrons. The number of phenolic OH excluding ortho intramolecular Hbond substituents is 1. The lowest BCUT2D eigenvalue weighted by atomic mass is 10.1. The van der Waals surface area contributed by atoms with E-state index < -0.39 is 0 Å². The van der Waals surface area contributed by atoms with Gasteiger partial charge < -0.3 is 5.11 Å². The van der Waals surface area contributed by atoms with Gasteiger partial charge in [0.05, 0.1) is 11.8 Å². The van der Waals surface area contributed by atoms with Crippen LogP contribution in [0.4, 0.5) is 0 Å². The molecule has 0 aliphatic carbocycles. The molecule has 4 heteroatoms. The molecule has 0 unspecified atom stereocenters. The van der Waals surface area contributed by atoms with E-state index in [4.69, 9.17) is 23.2 Å². The standard InChI is InChI=1S/C8H7BrCl2O/c9-7-1-5(3-10)8(12)6(2-7)4-11/h1-2,12H,3-4H2. The fourth-order valence-electron chi connectivity index (χ4n) is 0.921. The van der Waals surface area contributed by atoms with Gasteiger partial charge in [-0.15, -0.1) is 23.2 Å². The molecule has 0 saturated heterocycles. The summed E-state index contributed by atoms with van der Waals surface area (Å²) in [5, 5.41) is 9.52. The zero-order valence-electron chi connectivity index (χ0n) is 6.15. The van der Waals surface area contributed by atoms with Crippen LogP contribution in [0.5, 0.6) is 5.75 Å². The van der Waals surface area contributed by atoms with E-state index in [-0.39, 0.29) is 17.5 Å². The first-order valence-electron chi connectivity index (χ1n) is 3.31. The topological polar surface area (TPSA) is 20.2 Å². The summed E-state index contributed by atoms with van der Waals surface area (Å²) in [6, 6.07) is 3.55. The summed E-state index contributed by atoms with van der Waals surface area (Å²) in [4.78, 5) is 0. The van der Waals surface area contributed by atoms with Crippen molar-refractivity contribution in [2.45, 2.75) is 11.8 Å². The molecule has 0 amide bonds. The Labute approximate surface area is 89.4 Å². The zero-order valence-corrected chi connectivity index (χ0v) is 9.25. The highest BCUT2D eigenvalue weighted by molar-refractivity contribution is 9.10. The Balaban J connectivity index is 3.22. The lowest BCUT2D eigenvalue weighted by Crippen LogP contribution is -1.86. The molecule has 0 bridgehead atoms. The molecule has 0 aromatic heterocycles. The number of alkyl halides is 2. The Morgan fingerprint density at radius 3 is 1.92 bits per heavy atom. The first-order valence-corrected chi connectivity index (χ1v) is 5.17. The largest absolute Gasteiger partial charge is 0.507 e. The highest BCUT2D eigenvalue weighted by Gasteiger charge is 2.06. The zero-order chi connectivity index (χ0) is 9.14. The van der Waals surface area contributed by atoms with Gasteiger partial charge in [0.25, 0.3) is 0 Å². The summed E-state index contributed by atoms with van der Waals surface area (Å²) >= 11 is 14.5. The minimum absolute atomic E-state index is 0.197. The Kier molecular flexibility index (Phi) is 3.69. The van der Waals surface area contributed by atoms with Gasteiger partial charge in [0.15, 0.2) is 0 Å². The van der Waals surface area contributed by atoms with Crippen molar-refractivity contribution in [2.24, 2.45) is 0 Å². The summed E-state index contributed by atoms with van der Waals surface area (Å²) < 4.78 is 0.881. The smallest absolute Gasteiger partial charge is 0.124 e. The quantitative estimate of drug-likeness (QED) is 0.813. The second-order valence-corrected chi connectivity index (χ2v) is 3.79. The predicted octanol–water partition coefficient (Wildman–Crippen LogP) is 3.63. The second-order valence-electron chi connectivity index (χ2n) is 2.34. The lowest BCUT2D eigenvalue weighted by molar-refractivity contribution is 0.465. The molecule has 1 aromatic carbocycles. The van der Waals surface area contributed by atoms with E-state index in [1.54, 1.807) is 12.1 Å². The molecule has 0 fully saturated rings. The number of phenols is 1. The highest BCUT2D eigenvalue weighted by atomic mass is 79.9. The Morgan fingerprint density at radius 1 is 1.17 bits per heavy atom. The van der Waals surface area contributed by atoms with Crippen LogP contribution in [0.1, 0.15) is 11.1 Å². The van der Waals surface area contributed by atoms with Crippen LogP contribution in [0.2, 0.25) is 0 Å². The summed E-state index contributed by atoms with van der Waals surface area (Å²) in [5.74, 6) is 0.771. The average Bonchev–Trinajstić information content (AvgIpc) is 2.08. The first kappa shape index (κ1) is 10.2. The van der Waals surface area contributed by atoms with Crippen molar-refractivity contribution in [3.63, 3.8) is 0 Å².